The molecule has 0 aliphatic carbocycles. The number of nitrogens with zero attached hydrogens (tertiary/aromatic N) is 2. The summed E-state index contributed by atoms with van der Waals surface area (Å²) in [7, 11) is 3.42. The van der Waals surface area contributed by atoms with E-state index in [2.05, 4.69) is 42.1 Å². The van der Waals surface area contributed by atoms with Crippen LogP contribution in [0.15, 0.2) is 78.5 Å². The van der Waals surface area contributed by atoms with E-state index in [1.54, 1.807) is 14.1 Å². The molecule has 0 bridgehead atoms. The molecule has 1 aliphatic heterocycles. The minimum absolute atomic E-state index is 0.141. The number of hydrogen-bond donors (Lipinski definition) is 4. The molecule has 4 N–H and O–H groups in total. The van der Waals surface area contributed by atoms with Gasteiger partial charge in [0.1, 0.15) is 6.17 Å². The second kappa shape index (κ2) is 10.2. The Morgan fingerprint density at radius 2 is 1.72 bits per heavy atom. The fourth-order valence-corrected chi connectivity index (χ4v) is 4.00. The molecule has 0 saturated carbocycles. The van der Waals surface area contributed by atoms with E-state index < -0.39 is 6.17 Å². The molecule has 1 heterocycles. The monoisotopic (exact) mass is 486 g/mol. The van der Waals surface area contributed by atoms with Crippen molar-refractivity contribution >= 4 is 34.2 Å². The SMILES string of the molecule is CN(C)C(=O)NCc1cccc(N2NC(C(C)(C)C)=CC2NC(=O)Nc2cccc3ccccc23)c1. The highest BCUT2D eigenvalue weighted by atomic mass is 16.2. The number of urea groups is 2. The molecule has 36 heavy (non-hydrogen) atoms. The largest absolute Gasteiger partial charge is 0.334 e. The minimum atomic E-state index is -0.416. The zero-order valence-electron chi connectivity index (χ0n) is 21.4. The Kier molecular flexibility index (Phi) is 7.05. The van der Waals surface area contributed by atoms with Crippen molar-refractivity contribution in [2.24, 2.45) is 5.41 Å². The first-order valence-corrected chi connectivity index (χ1v) is 12.0. The zero-order chi connectivity index (χ0) is 25.9. The van der Waals surface area contributed by atoms with Crippen LogP contribution in [0.4, 0.5) is 21.0 Å². The number of hydrazine groups is 1. The molecule has 3 aromatic carbocycles. The van der Waals surface area contributed by atoms with Gasteiger partial charge < -0.3 is 20.9 Å². The van der Waals surface area contributed by atoms with Crippen molar-refractivity contribution in [2.45, 2.75) is 33.5 Å². The zero-order valence-corrected chi connectivity index (χ0v) is 21.4. The number of allylic oxidation sites excluding steroid dienone is 1. The van der Waals surface area contributed by atoms with Crippen LogP contribution in [0.1, 0.15) is 26.3 Å². The maximum atomic E-state index is 13.1. The highest BCUT2D eigenvalue weighted by molar-refractivity contribution is 6.01. The smallest absolute Gasteiger partial charge is 0.321 e. The summed E-state index contributed by atoms with van der Waals surface area (Å²) in [6, 6.07) is 21.2. The van der Waals surface area contributed by atoms with E-state index in [4.69, 9.17) is 0 Å². The first kappa shape index (κ1) is 24.9. The summed E-state index contributed by atoms with van der Waals surface area (Å²) in [4.78, 5) is 26.5. The molecule has 8 nitrogen and oxygen atoms in total. The van der Waals surface area contributed by atoms with Crippen molar-refractivity contribution in [3.63, 3.8) is 0 Å². The van der Waals surface area contributed by atoms with Gasteiger partial charge in [-0.1, -0.05) is 69.3 Å². The van der Waals surface area contributed by atoms with E-state index >= 15 is 0 Å². The molecule has 4 amide bonds. The summed E-state index contributed by atoms with van der Waals surface area (Å²) in [6.07, 6.45) is 1.62. The lowest BCUT2D eigenvalue weighted by molar-refractivity contribution is 0.217. The summed E-state index contributed by atoms with van der Waals surface area (Å²) < 4.78 is 0. The minimum Gasteiger partial charge on any atom is -0.334 e. The van der Waals surface area contributed by atoms with Crippen LogP contribution in [0.3, 0.4) is 0 Å². The van der Waals surface area contributed by atoms with Gasteiger partial charge in [0.25, 0.3) is 0 Å². The highest BCUT2D eigenvalue weighted by Gasteiger charge is 2.32. The van der Waals surface area contributed by atoms with Gasteiger partial charge in [-0.05, 0) is 35.2 Å². The van der Waals surface area contributed by atoms with Crippen LogP contribution >= 0.6 is 0 Å². The summed E-state index contributed by atoms with van der Waals surface area (Å²) in [5.74, 6) is 0. The molecule has 0 aromatic heterocycles. The molecule has 1 aliphatic rings. The van der Waals surface area contributed by atoms with Crippen molar-refractivity contribution in [2.75, 3.05) is 24.4 Å². The lowest BCUT2D eigenvalue weighted by atomic mass is 9.92. The van der Waals surface area contributed by atoms with Gasteiger partial charge in [0.2, 0.25) is 0 Å². The summed E-state index contributed by atoms with van der Waals surface area (Å²) in [6.45, 7) is 6.76. The molecule has 8 heteroatoms. The second-order valence-corrected chi connectivity index (χ2v) is 10.1. The fourth-order valence-electron chi connectivity index (χ4n) is 4.00. The number of amides is 4. The topological polar surface area (TPSA) is 88.7 Å². The predicted molar refractivity (Wildman–Crippen MR) is 145 cm³/mol. The van der Waals surface area contributed by atoms with Crippen LogP contribution in [0.2, 0.25) is 0 Å². The predicted octanol–water partition coefficient (Wildman–Crippen LogP) is 5.01. The molecule has 0 spiro atoms. The Bertz CT molecular complexity index is 1290. The Morgan fingerprint density at radius 1 is 1.00 bits per heavy atom. The number of benzene rings is 3. The molecule has 1 atom stereocenters. The van der Waals surface area contributed by atoms with Crippen molar-refractivity contribution in [1.29, 1.82) is 0 Å². The van der Waals surface area contributed by atoms with E-state index in [0.717, 1.165) is 33.4 Å². The summed E-state index contributed by atoms with van der Waals surface area (Å²) in [5.41, 5.74) is 6.90. The van der Waals surface area contributed by atoms with Crippen LogP contribution < -0.4 is 26.4 Å². The molecule has 0 fully saturated rings. The molecule has 3 aromatic rings. The molecule has 1 unspecified atom stereocenters. The van der Waals surface area contributed by atoms with Gasteiger partial charge in [0.05, 0.1) is 11.4 Å². The van der Waals surface area contributed by atoms with Gasteiger partial charge in [-0.3, -0.25) is 10.4 Å². The number of nitrogens with one attached hydrogen (secondary N) is 4. The van der Waals surface area contributed by atoms with Crippen LogP contribution in [-0.4, -0.2) is 37.2 Å². The first-order valence-electron chi connectivity index (χ1n) is 12.0. The Labute approximate surface area is 212 Å². The fraction of sp³-hybridized carbons (Fsp3) is 0.286. The highest BCUT2D eigenvalue weighted by Crippen LogP contribution is 2.31. The van der Waals surface area contributed by atoms with Gasteiger partial charge in [-0.25, -0.2) is 9.59 Å². The average molecular weight is 487 g/mol. The maximum Gasteiger partial charge on any atom is 0.321 e. The Balaban J connectivity index is 1.53. The van der Waals surface area contributed by atoms with E-state index in [0.29, 0.717) is 6.54 Å². The van der Waals surface area contributed by atoms with Crippen molar-refractivity contribution in [1.82, 2.24) is 21.0 Å². The van der Waals surface area contributed by atoms with Gasteiger partial charge in [0.15, 0.2) is 0 Å². The molecular weight excluding hydrogens is 452 g/mol. The summed E-state index contributed by atoms with van der Waals surface area (Å²) >= 11 is 0. The number of carbonyl (C=O) groups is 2. The third kappa shape index (κ3) is 5.71. The average Bonchev–Trinajstić information content (AvgIpc) is 3.27. The van der Waals surface area contributed by atoms with Crippen LogP contribution in [0.25, 0.3) is 10.8 Å². The van der Waals surface area contributed by atoms with Gasteiger partial charge >= 0.3 is 12.1 Å². The third-order valence-electron chi connectivity index (χ3n) is 6.01. The van der Waals surface area contributed by atoms with Gasteiger partial charge in [-0.15, -0.1) is 0 Å². The molecule has 4 rings (SSSR count). The number of carbonyl (C=O) groups excluding carboxylic acids is 2. The van der Waals surface area contributed by atoms with E-state index in [9.17, 15) is 9.59 Å². The van der Waals surface area contributed by atoms with Crippen molar-refractivity contribution in [3.8, 4) is 0 Å². The molecular formula is C28H34N6O2. The number of rotatable bonds is 5. The van der Waals surface area contributed by atoms with Crippen LogP contribution in [0.5, 0.6) is 0 Å². The van der Waals surface area contributed by atoms with Crippen molar-refractivity contribution in [3.05, 3.63) is 84.1 Å². The quantitative estimate of drug-likeness (QED) is 0.408. The molecule has 0 radical (unpaired) electrons. The van der Waals surface area contributed by atoms with Gasteiger partial charge in [-0.2, -0.15) is 0 Å². The van der Waals surface area contributed by atoms with E-state index in [1.165, 1.54) is 4.90 Å². The second-order valence-electron chi connectivity index (χ2n) is 10.1. The van der Waals surface area contributed by atoms with Gasteiger partial charge in [0, 0.05) is 37.1 Å². The van der Waals surface area contributed by atoms with E-state index in [1.807, 2.05) is 77.8 Å². The number of hydrogen-bond acceptors (Lipinski definition) is 4. The summed E-state index contributed by atoms with van der Waals surface area (Å²) in [5, 5.41) is 13.0. The van der Waals surface area contributed by atoms with E-state index in [-0.39, 0.29) is 17.5 Å². The van der Waals surface area contributed by atoms with Crippen molar-refractivity contribution < 1.29 is 9.59 Å². The number of fused-ring (bicyclic) bond motifs is 1. The van der Waals surface area contributed by atoms with Crippen LogP contribution in [-0.2, 0) is 6.54 Å². The lowest BCUT2D eigenvalue weighted by Gasteiger charge is -2.30. The third-order valence-corrected chi connectivity index (χ3v) is 6.01. The maximum absolute atomic E-state index is 13.1. The first-order chi connectivity index (χ1) is 17.1. The molecule has 188 valence electrons. The Morgan fingerprint density at radius 3 is 2.47 bits per heavy atom. The number of anilines is 2. The standard InChI is InChI=1S/C28H34N6O2/c1-28(2,3)24-17-25(31-26(35)30-23-15-9-12-20-11-6-7-14-22(20)23)34(32-24)21-13-8-10-19(16-21)18-29-27(36)33(4)5/h6-17,25,32H,18H2,1-5H3,(H,29,36)(H2,30,31,35). The lowest BCUT2D eigenvalue weighted by Crippen LogP contribution is -2.50. The normalized spacial score (nSPS) is 15.2. The molecule has 0 saturated heterocycles. The van der Waals surface area contributed by atoms with Crippen LogP contribution in [0, 0.1) is 5.41 Å². The Hall–Kier alpha value is -4.20.